The van der Waals surface area contributed by atoms with Crippen molar-refractivity contribution in [1.29, 1.82) is 0 Å². The third-order valence-corrected chi connectivity index (χ3v) is 4.11. The van der Waals surface area contributed by atoms with Crippen molar-refractivity contribution in [3.05, 3.63) is 35.9 Å². The van der Waals surface area contributed by atoms with Crippen molar-refractivity contribution in [2.75, 3.05) is 11.5 Å². The van der Waals surface area contributed by atoms with Crippen molar-refractivity contribution in [2.45, 2.75) is 25.8 Å². The molecule has 3 nitrogen and oxygen atoms in total. The van der Waals surface area contributed by atoms with E-state index in [9.17, 15) is 8.42 Å². The summed E-state index contributed by atoms with van der Waals surface area (Å²) in [6, 6.07) is 9.61. The van der Waals surface area contributed by atoms with Crippen molar-refractivity contribution in [1.82, 2.24) is 0 Å². The summed E-state index contributed by atoms with van der Waals surface area (Å²) < 4.78 is 23.3. The molecule has 0 saturated heterocycles. The summed E-state index contributed by atoms with van der Waals surface area (Å²) in [5, 5.41) is 0. The summed E-state index contributed by atoms with van der Waals surface area (Å²) >= 11 is 0. The molecule has 0 aliphatic carbocycles. The first-order valence-electron chi connectivity index (χ1n) is 5.49. The lowest BCUT2D eigenvalue weighted by atomic mass is 10.2. The van der Waals surface area contributed by atoms with Crippen LogP contribution in [-0.4, -0.2) is 26.0 Å². The fourth-order valence-corrected chi connectivity index (χ4v) is 2.87. The van der Waals surface area contributed by atoms with Gasteiger partial charge in [0.2, 0.25) is 0 Å². The zero-order chi connectivity index (χ0) is 12.0. The van der Waals surface area contributed by atoms with E-state index in [1.807, 2.05) is 37.3 Å². The molecular weight excluding hydrogens is 222 g/mol. The maximum atomic E-state index is 11.7. The molecule has 90 valence electrons. The minimum Gasteiger partial charge on any atom is -0.328 e. The zero-order valence-electron chi connectivity index (χ0n) is 9.59. The van der Waals surface area contributed by atoms with Crippen LogP contribution >= 0.6 is 0 Å². The molecule has 0 bridgehead atoms. The third kappa shape index (κ3) is 5.28. The minimum atomic E-state index is -2.95. The van der Waals surface area contributed by atoms with Crippen LogP contribution in [0.25, 0.3) is 0 Å². The smallest absolute Gasteiger partial charge is 0.150 e. The van der Waals surface area contributed by atoms with Gasteiger partial charge in [-0.15, -0.1) is 0 Å². The first-order valence-corrected chi connectivity index (χ1v) is 7.32. The molecule has 0 aliphatic heterocycles. The first kappa shape index (κ1) is 13.2. The van der Waals surface area contributed by atoms with Crippen LogP contribution in [0.1, 0.15) is 18.9 Å². The minimum absolute atomic E-state index is 0.0495. The Bertz CT molecular complexity index is 398. The number of hydrogen-bond acceptors (Lipinski definition) is 3. The third-order valence-electron chi connectivity index (χ3n) is 2.43. The second-order valence-corrected chi connectivity index (χ2v) is 6.46. The van der Waals surface area contributed by atoms with Gasteiger partial charge in [-0.1, -0.05) is 30.3 Å². The molecule has 0 aromatic heterocycles. The molecule has 0 radical (unpaired) electrons. The van der Waals surface area contributed by atoms with Crippen LogP contribution in [0.5, 0.6) is 0 Å². The number of benzene rings is 1. The molecule has 0 amide bonds. The molecule has 1 aromatic carbocycles. The highest BCUT2D eigenvalue weighted by Crippen LogP contribution is 2.04. The van der Waals surface area contributed by atoms with Crippen molar-refractivity contribution in [2.24, 2.45) is 5.73 Å². The molecule has 0 heterocycles. The van der Waals surface area contributed by atoms with E-state index in [1.54, 1.807) is 0 Å². The molecule has 1 atom stereocenters. The van der Waals surface area contributed by atoms with Crippen LogP contribution in [0, 0.1) is 0 Å². The molecule has 1 unspecified atom stereocenters. The van der Waals surface area contributed by atoms with E-state index < -0.39 is 9.84 Å². The number of sulfone groups is 1. The van der Waals surface area contributed by atoms with Gasteiger partial charge in [-0.3, -0.25) is 0 Å². The maximum absolute atomic E-state index is 11.7. The van der Waals surface area contributed by atoms with Crippen LogP contribution < -0.4 is 5.73 Å². The molecule has 2 N–H and O–H groups in total. The summed E-state index contributed by atoms with van der Waals surface area (Å²) in [6.45, 7) is 1.83. The monoisotopic (exact) mass is 241 g/mol. The van der Waals surface area contributed by atoms with Crippen molar-refractivity contribution >= 4 is 9.84 Å². The van der Waals surface area contributed by atoms with Gasteiger partial charge in [0.1, 0.15) is 0 Å². The number of hydrogen-bond donors (Lipinski definition) is 1. The van der Waals surface area contributed by atoms with Crippen molar-refractivity contribution in [3.8, 4) is 0 Å². The summed E-state index contributed by atoms with van der Waals surface area (Å²) in [5.41, 5.74) is 6.60. The lowest BCUT2D eigenvalue weighted by Gasteiger charge is -2.06. The molecule has 16 heavy (non-hydrogen) atoms. The van der Waals surface area contributed by atoms with Gasteiger partial charge < -0.3 is 5.73 Å². The van der Waals surface area contributed by atoms with Gasteiger partial charge in [0, 0.05) is 6.04 Å². The highest BCUT2D eigenvalue weighted by atomic mass is 32.2. The average Bonchev–Trinajstić information content (AvgIpc) is 2.26. The topological polar surface area (TPSA) is 60.2 Å². The molecule has 0 aliphatic rings. The summed E-state index contributed by atoms with van der Waals surface area (Å²) in [5.74, 6) is 0.404. The van der Waals surface area contributed by atoms with Gasteiger partial charge in [0.05, 0.1) is 11.5 Å². The summed E-state index contributed by atoms with van der Waals surface area (Å²) in [7, 11) is -2.95. The molecular formula is C12H19NO2S. The van der Waals surface area contributed by atoms with Crippen molar-refractivity contribution < 1.29 is 8.42 Å². The predicted molar refractivity (Wildman–Crippen MR) is 67.1 cm³/mol. The molecule has 4 heteroatoms. The quantitative estimate of drug-likeness (QED) is 0.818. The SMILES string of the molecule is CC(N)CCS(=O)(=O)CCc1ccccc1. The van der Waals surface area contributed by atoms with Gasteiger partial charge in [-0.2, -0.15) is 0 Å². The Morgan fingerprint density at radius 3 is 2.38 bits per heavy atom. The van der Waals surface area contributed by atoms with Crippen LogP contribution in [0.3, 0.4) is 0 Å². The Hall–Kier alpha value is -0.870. The number of aryl methyl sites for hydroxylation is 1. The highest BCUT2D eigenvalue weighted by molar-refractivity contribution is 7.91. The van der Waals surface area contributed by atoms with Crippen LogP contribution in [0.2, 0.25) is 0 Å². The highest BCUT2D eigenvalue weighted by Gasteiger charge is 2.11. The Morgan fingerprint density at radius 2 is 1.81 bits per heavy atom. The fourth-order valence-electron chi connectivity index (χ4n) is 1.39. The van der Waals surface area contributed by atoms with Gasteiger partial charge in [0.15, 0.2) is 9.84 Å². The lowest BCUT2D eigenvalue weighted by Crippen LogP contribution is -2.22. The standard InChI is InChI=1S/C12H19NO2S/c1-11(13)7-9-16(14,15)10-8-12-5-3-2-4-6-12/h2-6,11H,7-10,13H2,1H3. The van der Waals surface area contributed by atoms with Gasteiger partial charge in [-0.25, -0.2) is 8.42 Å². The zero-order valence-corrected chi connectivity index (χ0v) is 10.4. The Balaban J connectivity index is 2.42. The first-order chi connectivity index (χ1) is 7.49. The predicted octanol–water partition coefficient (Wildman–Crippen LogP) is 1.38. The molecule has 1 aromatic rings. The van der Waals surface area contributed by atoms with Gasteiger partial charge >= 0.3 is 0 Å². The van der Waals surface area contributed by atoms with Crippen molar-refractivity contribution in [3.63, 3.8) is 0 Å². The van der Waals surface area contributed by atoms with Crippen LogP contribution in [0.4, 0.5) is 0 Å². The van der Waals surface area contributed by atoms with E-state index in [0.717, 1.165) is 5.56 Å². The average molecular weight is 241 g/mol. The van der Waals surface area contributed by atoms with E-state index in [1.165, 1.54) is 0 Å². The normalized spacial score (nSPS) is 13.6. The van der Waals surface area contributed by atoms with E-state index >= 15 is 0 Å². The lowest BCUT2D eigenvalue weighted by molar-refractivity contribution is 0.586. The van der Waals surface area contributed by atoms with E-state index in [-0.39, 0.29) is 17.5 Å². The van der Waals surface area contributed by atoms with Gasteiger partial charge in [0.25, 0.3) is 0 Å². The van der Waals surface area contributed by atoms with Crippen LogP contribution in [-0.2, 0) is 16.3 Å². The Labute approximate surface area is 97.6 Å². The van der Waals surface area contributed by atoms with Gasteiger partial charge in [-0.05, 0) is 25.3 Å². The molecule has 0 fully saturated rings. The van der Waals surface area contributed by atoms with E-state index in [2.05, 4.69) is 0 Å². The maximum Gasteiger partial charge on any atom is 0.150 e. The largest absolute Gasteiger partial charge is 0.328 e. The van der Waals surface area contributed by atoms with Crippen LogP contribution in [0.15, 0.2) is 30.3 Å². The second-order valence-electron chi connectivity index (χ2n) is 4.15. The summed E-state index contributed by atoms with van der Waals surface area (Å²) in [6.07, 6.45) is 1.12. The number of nitrogens with two attached hydrogens (primary N) is 1. The molecule has 0 spiro atoms. The fraction of sp³-hybridized carbons (Fsp3) is 0.500. The van der Waals surface area contributed by atoms with E-state index in [0.29, 0.717) is 12.8 Å². The molecule has 1 rings (SSSR count). The Kier molecular flexibility index (Phi) is 4.96. The Morgan fingerprint density at radius 1 is 1.19 bits per heavy atom. The van der Waals surface area contributed by atoms with E-state index in [4.69, 9.17) is 5.73 Å². The molecule has 0 saturated carbocycles. The summed E-state index contributed by atoms with van der Waals surface area (Å²) in [4.78, 5) is 0. The number of rotatable bonds is 6. The second kappa shape index (κ2) is 6.01.